The lowest BCUT2D eigenvalue weighted by Gasteiger charge is -2.23. The summed E-state index contributed by atoms with van der Waals surface area (Å²) in [5, 5.41) is 0.482. The Morgan fingerprint density at radius 2 is 2.19 bits per heavy atom. The summed E-state index contributed by atoms with van der Waals surface area (Å²) in [4.78, 5) is 19.8. The van der Waals surface area contributed by atoms with Crippen LogP contribution in [0.1, 0.15) is 70.2 Å². The Morgan fingerprint density at radius 3 is 2.81 bits per heavy atom. The third-order valence-corrected chi connectivity index (χ3v) is 4.91. The maximum atomic E-state index is 11.4. The Morgan fingerprint density at radius 1 is 1.48 bits per heavy atom. The highest BCUT2D eigenvalue weighted by Crippen LogP contribution is 2.50. The molecule has 0 saturated carbocycles. The summed E-state index contributed by atoms with van der Waals surface area (Å²) in [6.45, 7) is 8.01. The van der Waals surface area contributed by atoms with Crippen LogP contribution < -0.4 is 0 Å². The fraction of sp³-hybridized carbons (Fsp3) is 0.688. The van der Waals surface area contributed by atoms with Gasteiger partial charge in [-0.3, -0.25) is 4.79 Å². The van der Waals surface area contributed by atoms with Crippen LogP contribution in [0.5, 0.6) is 0 Å². The molecule has 1 aliphatic carbocycles. The standard InChI is InChI=1S/C16H23ClN2O2/c1-5-9(2)6-7-12-10(3)13-14(15(12)21-11(4)20)18-8-19-16(13)17/h8-10,12,15H,5-7H2,1-4H3/t9?,10-,12?,15?/m1/s1. The molecule has 0 spiro atoms. The van der Waals surface area contributed by atoms with Crippen molar-refractivity contribution in [2.45, 2.75) is 59.0 Å². The van der Waals surface area contributed by atoms with Gasteiger partial charge in [-0.15, -0.1) is 0 Å². The Bertz CT molecular complexity index is 521. The highest BCUT2D eigenvalue weighted by atomic mass is 35.5. The Kier molecular flexibility index (Phi) is 5.20. The lowest BCUT2D eigenvalue weighted by molar-refractivity contribution is -0.149. The first-order chi connectivity index (χ1) is 9.95. The summed E-state index contributed by atoms with van der Waals surface area (Å²) in [6, 6.07) is 0. The number of hydrogen-bond donors (Lipinski definition) is 0. The van der Waals surface area contributed by atoms with E-state index in [-0.39, 0.29) is 23.9 Å². The van der Waals surface area contributed by atoms with E-state index in [9.17, 15) is 4.79 Å². The van der Waals surface area contributed by atoms with Crippen LogP contribution in [0.3, 0.4) is 0 Å². The van der Waals surface area contributed by atoms with Gasteiger partial charge in [0.15, 0.2) is 0 Å². The minimum absolute atomic E-state index is 0.210. The molecule has 21 heavy (non-hydrogen) atoms. The molecule has 0 aliphatic heterocycles. The first kappa shape index (κ1) is 16.2. The minimum Gasteiger partial charge on any atom is -0.456 e. The van der Waals surface area contributed by atoms with Gasteiger partial charge in [0.05, 0.1) is 5.69 Å². The Labute approximate surface area is 131 Å². The molecule has 0 bridgehead atoms. The zero-order valence-corrected chi connectivity index (χ0v) is 13.9. The number of carbonyl (C=O) groups is 1. The third kappa shape index (κ3) is 3.37. The zero-order valence-electron chi connectivity index (χ0n) is 13.1. The first-order valence-corrected chi connectivity index (χ1v) is 8.01. The molecule has 3 unspecified atom stereocenters. The predicted molar refractivity (Wildman–Crippen MR) is 82.1 cm³/mol. The van der Waals surface area contributed by atoms with Gasteiger partial charge in [-0.25, -0.2) is 9.97 Å². The zero-order chi connectivity index (χ0) is 15.6. The number of hydrogen-bond acceptors (Lipinski definition) is 4. The largest absolute Gasteiger partial charge is 0.456 e. The van der Waals surface area contributed by atoms with Gasteiger partial charge >= 0.3 is 5.97 Å². The van der Waals surface area contributed by atoms with Gasteiger partial charge in [0.25, 0.3) is 0 Å². The number of fused-ring (bicyclic) bond motifs is 1. The van der Waals surface area contributed by atoms with E-state index < -0.39 is 0 Å². The van der Waals surface area contributed by atoms with Crippen LogP contribution in [-0.4, -0.2) is 15.9 Å². The number of aromatic nitrogens is 2. The molecule has 0 N–H and O–H groups in total. The highest BCUT2D eigenvalue weighted by molar-refractivity contribution is 6.30. The minimum atomic E-state index is -0.294. The summed E-state index contributed by atoms with van der Waals surface area (Å²) in [7, 11) is 0. The number of ether oxygens (including phenoxy) is 1. The van der Waals surface area contributed by atoms with E-state index in [0.717, 1.165) is 30.5 Å². The van der Waals surface area contributed by atoms with Crippen molar-refractivity contribution in [2.24, 2.45) is 11.8 Å². The highest BCUT2D eigenvalue weighted by Gasteiger charge is 2.43. The van der Waals surface area contributed by atoms with Crippen molar-refractivity contribution < 1.29 is 9.53 Å². The SMILES string of the molecule is CCC(C)CCC1C(OC(C)=O)c2ncnc(Cl)c2[C@@H]1C. The molecule has 5 heteroatoms. The molecule has 1 aromatic rings. The topological polar surface area (TPSA) is 52.1 Å². The first-order valence-electron chi connectivity index (χ1n) is 7.63. The lowest BCUT2D eigenvalue weighted by atomic mass is 9.86. The van der Waals surface area contributed by atoms with Gasteiger partial charge in [0.1, 0.15) is 17.6 Å². The fourth-order valence-electron chi connectivity index (χ4n) is 3.12. The van der Waals surface area contributed by atoms with Gasteiger partial charge in [0, 0.05) is 18.4 Å². The van der Waals surface area contributed by atoms with E-state index in [4.69, 9.17) is 16.3 Å². The maximum Gasteiger partial charge on any atom is 0.303 e. The molecule has 0 amide bonds. The average Bonchev–Trinajstić information content (AvgIpc) is 2.70. The van der Waals surface area contributed by atoms with Crippen molar-refractivity contribution in [3.8, 4) is 0 Å². The molecule has 1 aliphatic rings. The van der Waals surface area contributed by atoms with Crippen molar-refractivity contribution in [1.82, 2.24) is 9.97 Å². The van der Waals surface area contributed by atoms with Gasteiger partial charge in [-0.2, -0.15) is 0 Å². The van der Waals surface area contributed by atoms with Crippen molar-refractivity contribution in [3.63, 3.8) is 0 Å². The summed E-state index contributed by atoms with van der Waals surface area (Å²) in [5.74, 6) is 0.831. The van der Waals surface area contributed by atoms with Gasteiger partial charge < -0.3 is 4.74 Å². The van der Waals surface area contributed by atoms with Crippen LogP contribution in [0.4, 0.5) is 0 Å². The molecule has 116 valence electrons. The Balaban J connectivity index is 2.27. The normalized spacial score (nSPS) is 25.5. The van der Waals surface area contributed by atoms with Crippen LogP contribution in [0.15, 0.2) is 6.33 Å². The monoisotopic (exact) mass is 310 g/mol. The number of carbonyl (C=O) groups excluding carboxylic acids is 1. The second kappa shape index (κ2) is 6.73. The number of rotatable bonds is 5. The van der Waals surface area contributed by atoms with E-state index in [1.807, 2.05) is 0 Å². The molecular weight excluding hydrogens is 288 g/mol. The van der Waals surface area contributed by atoms with E-state index in [2.05, 4.69) is 30.7 Å². The third-order valence-electron chi connectivity index (χ3n) is 4.60. The smallest absolute Gasteiger partial charge is 0.303 e. The van der Waals surface area contributed by atoms with Crippen molar-refractivity contribution in [3.05, 3.63) is 22.7 Å². The number of halogens is 1. The van der Waals surface area contributed by atoms with Gasteiger partial charge in [-0.1, -0.05) is 45.2 Å². The maximum absolute atomic E-state index is 11.4. The molecular formula is C16H23ClN2O2. The summed E-state index contributed by atoms with van der Waals surface area (Å²) >= 11 is 6.23. The van der Waals surface area contributed by atoms with Crippen LogP contribution in [-0.2, 0) is 9.53 Å². The molecule has 0 radical (unpaired) electrons. The molecule has 1 aromatic heterocycles. The van der Waals surface area contributed by atoms with Crippen LogP contribution in [0.2, 0.25) is 5.15 Å². The Hall–Kier alpha value is -1.16. The van der Waals surface area contributed by atoms with Crippen LogP contribution in [0, 0.1) is 11.8 Å². The fourth-order valence-corrected chi connectivity index (χ4v) is 3.43. The average molecular weight is 311 g/mol. The number of esters is 1. The molecule has 0 fully saturated rings. The van der Waals surface area contributed by atoms with E-state index in [0.29, 0.717) is 11.1 Å². The molecule has 2 rings (SSSR count). The quantitative estimate of drug-likeness (QED) is 0.601. The predicted octanol–water partition coefficient (Wildman–Crippen LogP) is 4.29. The lowest BCUT2D eigenvalue weighted by Crippen LogP contribution is -2.17. The summed E-state index contributed by atoms with van der Waals surface area (Å²) < 4.78 is 5.55. The summed E-state index contributed by atoms with van der Waals surface area (Å²) in [5.41, 5.74) is 1.73. The molecule has 4 nitrogen and oxygen atoms in total. The number of nitrogens with zero attached hydrogens (tertiary/aromatic N) is 2. The van der Waals surface area contributed by atoms with Crippen molar-refractivity contribution in [2.75, 3.05) is 0 Å². The van der Waals surface area contributed by atoms with E-state index in [1.54, 1.807) is 0 Å². The molecule has 4 atom stereocenters. The second-order valence-electron chi connectivity index (χ2n) is 6.04. The molecule has 0 aromatic carbocycles. The van der Waals surface area contributed by atoms with Crippen molar-refractivity contribution in [1.29, 1.82) is 0 Å². The van der Waals surface area contributed by atoms with E-state index >= 15 is 0 Å². The summed E-state index contributed by atoms with van der Waals surface area (Å²) in [6.07, 6.45) is 4.43. The van der Waals surface area contributed by atoms with Crippen LogP contribution in [0.25, 0.3) is 0 Å². The van der Waals surface area contributed by atoms with Crippen LogP contribution >= 0.6 is 11.6 Å². The van der Waals surface area contributed by atoms with E-state index in [1.165, 1.54) is 13.3 Å². The molecule has 1 heterocycles. The van der Waals surface area contributed by atoms with Gasteiger partial charge in [0.2, 0.25) is 0 Å². The van der Waals surface area contributed by atoms with Gasteiger partial charge in [-0.05, 0) is 18.3 Å². The molecule has 0 saturated heterocycles. The second-order valence-corrected chi connectivity index (χ2v) is 6.39. The van der Waals surface area contributed by atoms with Crippen molar-refractivity contribution >= 4 is 17.6 Å².